The van der Waals surface area contributed by atoms with Gasteiger partial charge in [0, 0.05) is 24.3 Å². The number of aryl methyl sites for hydroxylation is 2. The number of aliphatic hydroxyl groups is 1. The van der Waals surface area contributed by atoms with Gasteiger partial charge in [-0.3, -0.25) is 4.79 Å². The third kappa shape index (κ3) is 5.05. The number of carbonyl (C=O) groups excluding carboxylic acids is 1. The van der Waals surface area contributed by atoms with E-state index in [0.717, 1.165) is 24.0 Å². The van der Waals surface area contributed by atoms with Gasteiger partial charge in [-0.2, -0.15) is 0 Å². The summed E-state index contributed by atoms with van der Waals surface area (Å²) in [6.45, 7) is 7.07. The predicted octanol–water partition coefficient (Wildman–Crippen LogP) is 2.90. The van der Waals surface area contributed by atoms with Crippen molar-refractivity contribution in [1.29, 1.82) is 0 Å². The van der Waals surface area contributed by atoms with Gasteiger partial charge < -0.3 is 15.7 Å². The largest absolute Gasteiger partial charge is 0.398 e. The average Bonchev–Trinajstić information content (AvgIpc) is 2.45. The Kier molecular flexibility index (Phi) is 7.23. The van der Waals surface area contributed by atoms with Gasteiger partial charge in [0.2, 0.25) is 0 Å². The fourth-order valence-electron chi connectivity index (χ4n) is 2.43. The minimum absolute atomic E-state index is 0.0140. The second-order valence-corrected chi connectivity index (χ2v) is 5.60. The zero-order chi connectivity index (χ0) is 15.8. The van der Waals surface area contributed by atoms with Gasteiger partial charge in [-0.05, 0) is 37.5 Å². The molecule has 21 heavy (non-hydrogen) atoms. The van der Waals surface area contributed by atoms with E-state index in [1.165, 1.54) is 12.8 Å². The maximum atomic E-state index is 12.6. The van der Waals surface area contributed by atoms with Crippen molar-refractivity contribution < 1.29 is 9.90 Å². The Morgan fingerprint density at radius 2 is 1.86 bits per heavy atom. The lowest BCUT2D eigenvalue weighted by Crippen LogP contribution is -2.35. The molecule has 4 heteroatoms. The van der Waals surface area contributed by atoms with Crippen molar-refractivity contribution in [3.8, 4) is 0 Å². The molecule has 1 amide bonds. The van der Waals surface area contributed by atoms with Crippen LogP contribution in [0.25, 0.3) is 0 Å². The van der Waals surface area contributed by atoms with E-state index in [0.29, 0.717) is 24.3 Å². The van der Waals surface area contributed by atoms with E-state index in [-0.39, 0.29) is 12.5 Å². The zero-order valence-corrected chi connectivity index (χ0v) is 13.5. The third-order valence-electron chi connectivity index (χ3n) is 3.78. The Morgan fingerprint density at radius 3 is 2.48 bits per heavy atom. The molecule has 0 aromatic heterocycles. The molecule has 0 saturated carbocycles. The lowest BCUT2D eigenvalue weighted by molar-refractivity contribution is 0.0717. The van der Waals surface area contributed by atoms with E-state index >= 15 is 0 Å². The predicted molar refractivity (Wildman–Crippen MR) is 87.5 cm³/mol. The van der Waals surface area contributed by atoms with Gasteiger partial charge in [-0.15, -0.1) is 0 Å². The quantitative estimate of drug-likeness (QED) is 0.572. The summed E-state index contributed by atoms with van der Waals surface area (Å²) < 4.78 is 0. The van der Waals surface area contributed by atoms with E-state index in [1.807, 2.05) is 19.9 Å². The van der Waals surface area contributed by atoms with Crippen LogP contribution < -0.4 is 5.73 Å². The summed E-state index contributed by atoms with van der Waals surface area (Å²) in [5.74, 6) is -0.0373. The number of nitrogens with two attached hydrogens (primary N) is 1. The highest BCUT2D eigenvalue weighted by Crippen LogP contribution is 2.19. The van der Waals surface area contributed by atoms with Crippen molar-refractivity contribution in [2.24, 2.45) is 0 Å². The van der Waals surface area contributed by atoms with Gasteiger partial charge in [0.25, 0.3) is 5.91 Å². The van der Waals surface area contributed by atoms with Crippen LogP contribution in [0.2, 0.25) is 0 Å². The first-order chi connectivity index (χ1) is 10.0. The van der Waals surface area contributed by atoms with Gasteiger partial charge >= 0.3 is 0 Å². The molecule has 0 fully saturated rings. The molecule has 0 bridgehead atoms. The molecule has 0 aliphatic rings. The number of nitrogens with zero attached hydrogens (tertiary/aromatic N) is 1. The number of anilines is 1. The number of rotatable bonds is 8. The van der Waals surface area contributed by atoms with Gasteiger partial charge in [0.15, 0.2) is 0 Å². The van der Waals surface area contributed by atoms with Crippen molar-refractivity contribution >= 4 is 11.6 Å². The number of aliphatic hydroxyl groups excluding tert-OH is 1. The van der Waals surface area contributed by atoms with Gasteiger partial charge in [-0.1, -0.05) is 32.3 Å². The molecular weight excluding hydrogens is 264 g/mol. The Balaban J connectivity index is 2.82. The Labute approximate surface area is 128 Å². The standard InChI is InChI=1S/C17H28N2O2/c1-4-5-6-7-8-19(9-10-20)17(21)15-12-16(18)14(3)11-13(15)2/h11-12,20H,4-10,18H2,1-3H3. The summed E-state index contributed by atoms with van der Waals surface area (Å²) in [4.78, 5) is 14.4. The van der Waals surface area contributed by atoms with Crippen LogP contribution in [0.4, 0.5) is 5.69 Å². The van der Waals surface area contributed by atoms with Crippen LogP contribution in [0.1, 0.15) is 54.1 Å². The molecule has 1 aromatic rings. The molecule has 0 atom stereocenters. The first-order valence-corrected chi connectivity index (χ1v) is 7.78. The second kappa shape index (κ2) is 8.67. The van der Waals surface area contributed by atoms with Crippen LogP contribution in [-0.4, -0.2) is 35.6 Å². The van der Waals surface area contributed by atoms with E-state index in [2.05, 4.69) is 6.92 Å². The first kappa shape index (κ1) is 17.5. The molecule has 4 nitrogen and oxygen atoms in total. The molecule has 1 rings (SSSR count). The highest BCUT2D eigenvalue weighted by Gasteiger charge is 2.17. The summed E-state index contributed by atoms with van der Waals surface area (Å²) in [5, 5.41) is 9.18. The van der Waals surface area contributed by atoms with Crippen LogP contribution in [0, 0.1) is 13.8 Å². The minimum Gasteiger partial charge on any atom is -0.398 e. The smallest absolute Gasteiger partial charge is 0.254 e. The Bertz CT molecular complexity index is 472. The third-order valence-corrected chi connectivity index (χ3v) is 3.78. The van der Waals surface area contributed by atoms with Crippen LogP contribution in [0.3, 0.4) is 0 Å². The Hall–Kier alpha value is -1.55. The van der Waals surface area contributed by atoms with Crippen LogP contribution >= 0.6 is 0 Å². The molecular formula is C17H28N2O2. The monoisotopic (exact) mass is 292 g/mol. The molecule has 0 saturated heterocycles. The van der Waals surface area contributed by atoms with Crippen LogP contribution in [-0.2, 0) is 0 Å². The number of hydrogen-bond acceptors (Lipinski definition) is 3. The maximum absolute atomic E-state index is 12.6. The Morgan fingerprint density at radius 1 is 1.14 bits per heavy atom. The first-order valence-electron chi connectivity index (χ1n) is 7.78. The zero-order valence-electron chi connectivity index (χ0n) is 13.5. The number of hydrogen-bond donors (Lipinski definition) is 2. The number of carbonyl (C=O) groups is 1. The highest BCUT2D eigenvalue weighted by atomic mass is 16.3. The van der Waals surface area contributed by atoms with Crippen molar-refractivity contribution in [1.82, 2.24) is 4.90 Å². The van der Waals surface area contributed by atoms with Gasteiger partial charge in [0.1, 0.15) is 0 Å². The van der Waals surface area contributed by atoms with Gasteiger partial charge in [-0.25, -0.2) is 0 Å². The normalized spacial score (nSPS) is 10.7. The van der Waals surface area contributed by atoms with E-state index < -0.39 is 0 Å². The molecule has 118 valence electrons. The second-order valence-electron chi connectivity index (χ2n) is 5.60. The molecule has 1 aromatic carbocycles. The van der Waals surface area contributed by atoms with Crippen molar-refractivity contribution in [2.75, 3.05) is 25.4 Å². The number of benzene rings is 1. The summed E-state index contributed by atoms with van der Waals surface area (Å²) in [6, 6.07) is 3.69. The molecule has 0 aliphatic heterocycles. The minimum atomic E-state index is -0.0373. The topological polar surface area (TPSA) is 66.6 Å². The fraction of sp³-hybridized carbons (Fsp3) is 0.588. The SMILES string of the molecule is CCCCCCN(CCO)C(=O)c1cc(N)c(C)cc1C. The molecule has 3 N–H and O–H groups in total. The van der Waals surface area contributed by atoms with Gasteiger partial charge in [0.05, 0.1) is 6.61 Å². The van der Waals surface area contributed by atoms with Crippen molar-refractivity contribution in [3.05, 3.63) is 28.8 Å². The van der Waals surface area contributed by atoms with Crippen molar-refractivity contribution in [3.63, 3.8) is 0 Å². The molecule has 0 unspecified atom stereocenters. The van der Waals surface area contributed by atoms with Crippen LogP contribution in [0.5, 0.6) is 0 Å². The molecule has 0 aliphatic carbocycles. The maximum Gasteiger partial charge on any atom is 0.254 e. The summed E-state index contributed by atoms with van der Waals surface area (Å²) in [7, 11) is 0. The number of amides is 1. The fourth-order valence-corrected chi connectivity index (χ4v) is 2.43. The lowest BCUT2D eigenvalue weighted by Gasteiger charge is -2.23. The van der Waals surface area contributed by atoms with E-state index in [4.69, 9.17) is 5.73 Å². The lowest BCUT2D eigenvalue weighted by atomic mass is 10.0. The summed E-state index contributed by atoms with van der Waals surface area (Å²) >= 11 is 0. The summed E-state index contributed by atoms with van der Waals surface area (Å²) in [5.41, 5.74) is 9.12. The van der Waals surface area contributed by atoms with Crippen LogP contribution in [0.15, 0.2) is 12.1 Å². The van der Waals surface area contributed by atoms with E-state index in [9.17, 15) is 9.90 Å². The van der Waals surface area contributed by atoms with Crippen molar-refractivity contribution in [2.45, 2.75) is 46.5 Å². The number of nitrogen functional groups attached to an aromatic ring is 1. The highest BCUT2D eigenvalue weighted by molar-refractivity contribution is 5.96. The average molecular weight is 292 g/mol. The van der Waals surface area contributed by atoms with E-state index in [1.54, 1.807) is 11.0 Å². The number of unbranched alkanes of at least 4 members (excludes halogenated alkanes) is 3. The molecule has 0 heterocycles. The molecule has 0 spiro atoms. The summed E-state index contributed by atoms with van der Waals surface area (Å²) in [6.07, 6.45) is 4.43. The molecule has 0 radical (unpaired) electrons.